The molecule has 10 nitrogen and oxygen atoms in total. The predicted octanol–water partition coefficient (Wildman–Crippen LogP) is 1.71. The summed E-state index contributed by atoms with van der Waals surface area (Å²) in [5, 5.41) is 16.4. The first-order valence-corrected chi connectivity index (χ1v) is 10.6. The molecular formula is C19H20N4O6S. The molecule has 2 aromatic rings. The summed E-state index contributed by atoms with van der Waals surface area (Å²) in [5.74, 6) is -0.674. The SMILES string of the molecule is Cc1ccc(S(=O)(=O)Nc2ccc(C(=O)NC3CCCNC3=O)cc2)cc1[N+](=O)[O-]. The van der Waals surface area contributed by atoms with Crippen molar-refractivity contribution in [2.75, 3.05) is 11.3 Å². The molecule has 1 atom stereocenters. The monoisotopic (exact) mass is 432 g/mol. The Balaban J connectivity index is 1.72. The molecule has 0 spiro atoms. The zero-order valence-electron chi connectivity index (χ0n) is 16.0. The van der Waals surface area contributed by atoms with E-state index in [4.69, 9.17) is 0 Å². The number of carbonyl (C=O) groups excluding carboxylic acids is 2. The van der Waals surface area contributed by atoms with E-state index in [0.717, 1.165) is 12.5 Å². The van der Waals surface area contributed by atoms with Crippen LogP contribution in [-0.2, 0) is 14.8 Å². The van der Waals surface area contributed by atoms with Gasteiger partial charge in [0.25, 0.3) is 21.6 Å². The van der Waals surface area contributed by atoms with Crippen molar-refractivity contribution in [1.82, 2.24) is 10.6 Å². The molecule has 0 bridgehead atoms. The third-order valence-corrected chi connectivity index (χ3v) is 6.06. The van der Waals surface area contributed by atoms with E-state index in [9.17, 15) is 28.1 Å². The number of benzene rings is 2. The van der Waals surface area contributed by atoms with E-state index >= 15 is 0 Å². The number of aryl methyl sites for hydroxylation is 1. The fourth-order valence-electron chi connectivity index (χ4n) is 3.01. The summed E-state index contributed by atoms with van der Waals surface area (Å²) in [5.41, 5.74) is 0.505. The highest BCUT2D eigenvalue weighted by molar-refractivity contribution is 7.92. The minimum atomic E-state index is -4.06. The van der Waals surface area contributed by atoms with Gasteiger partial charge in [0.15, 0.2) is 0 Å². The van der Waals surface area contributed by atoms with Crippen molar-refractivity contribution in [3.63, 3.8) is 0 Å². The van der Waals surface area contributed by atoms with Gasteiger partial charge in [-0.05, 0) is 50.1 Å². The fraction of sp³-hybridized carbons (Fsp3) is 0.263. The first kappa shape index (κ1) is 21.2. The zero-order valence-corrected chi connectivity index (χ0v) is 16.9. The van der Waals surface area contributed by atoms with Crippen molar-refractivity contribution in [1.29, 1.82) is 0 Å². The number of piperidine rings is 1. The molecule has 1 fully saturated rings. The Labute approximate surface area is 172 Å². The number of anilines is 1. The lowest BCUT2D eigenvalue weighted by molar-refractivity contribution is -0.385. The normalized spacial score (nSPS) is 16.4. The third-order valence-electron chi connectivity index (χ3n) is 4.68. The van der Waals surface area contributed by atoms with Gasteiger partial charge in [-0.25, -0.2) is 8.42 Å². The molecule has 0 saturated carbocycles. The van der Waals surface area contributed by atoms with Crippen molar-refractivity contribution < 1.29 is 22.9 Å². The lowest BCUT2D eigenvalue weighted by Crippen LogP contribution is -2.50. The summed E-state index contributed by atoms with van der Waals surface area (Å²) in [7, 11) is -4.06. The Hall–Kier alpha value is -3.47. The number of rotatable bonds is 6. The van der Waals surface area contributed by atoms with Crippen LogP contribution in [0.2, 0.25) is 0 Å². The van der Waals surface area contributed by atoms with Crippen LogP contribution in [0.3, 0.4) is 0 Å². The summed E-state index contributed by atoms with van der Waals surface area (Å²) in [6.45, 7) is 2.10. The Morgan fingerprint density at radius 3 is 2.53 bits per heavy atom. The molecular weight excluding hydrogens is 412 g/mol. The number of carbonyl (C=O) groups is 2. The molecule has 1 heterocycles. The summed E-state index contributed by atoms with van der Waals surface area (Å²) < 4.78 is 27.4. The van der Waals surface area contributed by atoms with E-state index < -0.39 is 26.9 Å². The number of nitro benzene ring substituents is 1. The van der Waals surface area contributed by atoms with E-state index in [-0.39, 0.29) is 27.7 Å². The van der Waals surface area contributed by atoms with Crippen molar-refractivity contribution in [2.45, 2.75) is 30.7 Å². The van der Waals surface area contributed by atoms with Crippen molar-refractivity contribution >= 4 is 33.2 Å². The van der Waals surface area contributed by atoms with Crippen LogP contribution >= 0.6 is 0 Å². The van der Waals surface area contributed by atoms with E-state index in [1.807, 2.05) is 0 Å². The number of hydrogen-bond acceptors (Lipinski definition) is 6. The first-order chi connectivity index (χ1) is 14.2. The number of hydrogen-bond donors (Lipinski definition) is 3. The summed E-state index contributed by atoms with van der Waals surface area (Å²) in [6, 6.07) is 8.68. The van der Waals surface area contributed by atoms with Gasteiger partial charge in [0.2, 0.25) is 5.91 Å². The van der Waals surface area contributed by atoms with Crippen LogP contribution in [0.25, 0.3) is 0 Å². The lowest BCUT2D eigenvalue weighted by atomic mass is 10.1. The molecule has 30 heavy (non-hydrogen) atoms. The second-order valence-corrected chi connectivity index (χ2v) is 8.53. The van der Waals surface area contributed by atoms with Gasteiger partial charge in [-0.2, -0.15) is 0 Å². The number of nitrogens with zero attached hydrogens (tertiary/aromatic N) is 1. The van der Waals surface area contributed by atoms with Gasteiger partial charge < -0.3 is 10.6 Å². The largest absolute Gasteiger partial charge is 0.354 e. The summed E-state index contributed by atoms with van der Waals surface area (Å²) in [6.07, 6.45) is 1.33. The first-order valence-electron chi connectivity index (χ1n) is 9.14. The highest BCUT2D eigenvalue weighted by Crippen LogP contribution is 2.24. The van der Waals surface area contributed by atoms with Crippen LogP contribution in [0.5, 0.6) is 0 Å². The van der Waals surface area contributed by atoms with Crippen LogP contribution < -0.4 is 15.4 Å². The number of sulfonamides is 1. The third kappa shape index (κ3) is 4.74. The van der Waals surface area contributed by atoms with E-state index in [2.05, 4.69) is 15.4 Å². The Morgan fingerprint density at radius 1 is 1.20 bits per heavy atom. The average molecular weight is 432 g/mol. The molecule has 1 unspecified atom stereocenters. The standard InChI is InChI=1S/C19H20N4O6S/c1-12-4-9-15(11-17(12)23(26)27)30(28,29)22-14-7-5-13(6-8-14)18(24)21-16-3-2-10-20-19(16)25/h4-9,11,16,22H,2-3,10H2,1H3,(H,20,25)(H,21,24). The number of nitro groups is 1. The topological polar surface area (TPSA) is 148 Å². The second-order valence-electron chi connectivity index (χ2n) is 6.85. The van der Waals surface area contributed by atoms with Crippen LogP contribution in [0.4, 0.5) is 11.4 Å². The molecule has 0 aliphatic carbocycles. The highest BCUT2D eigenvalue weighted by Gasteiger charge is 2.24. The van der Waals surface area contributed by atoms with Crippen molar-refractivity contribution in [2.24, 2.45) is 0 Å². The maximum atomic E-state index is 12.5. The zero-order chi connectivity index (χ0) is 21.9. The van der Waals surface area contributed by atoms with Crippen LogP contribution in [0, 0.1) is 17.0 Å². The molecule has 0 aromatic heterocycles. The maximum absolute atomic E-state index is 12.5. The van der Waals surface area contributed by atoms with E-state index in [1.54, 1.807) is 0 Å². The van der Waals surface area contributed by atoms with Crippen LogP contribution in [-0.4, -0.2) is 37.7 Å². The van der Waals surface area contributed by atoms with Crippen LogP contribution in [0.15, 0.2) is 47.4 Å². The molecule has 1 saturated heterocycles. The Kier molecular flexibility index (Phi) is 6.01. The van der Waals surface area contributed by atoms with Gasteiger partial charge in [-0.15, -0.1) is 0 Å². The molecule has 3 N–H and O–H groups in total. The van der Waals surface area contributed by atoms with Crippen LogP contribution in [0.1, 0.15) is 28.8 Å². The molecule has 2 amide bonds. The Morgan fingerprint density at radius 2 is 1.90 bits per heavy atom. The fourth-order valence-corrected chi connectivity index (χ4v) is 4.09. The van der Waals surface area contributed by atoms with Gasteiger partial charge in [-0.3, -0.25) is 24.4 Å². The van der Waals surface area contributed by atoms with Crippen molar-refractivity contribution in [3.8, 4) is 0 Å². The minimum absolute atomic E-state index is 0.185. The molecule has 2 aromatic carbocycles. The van der Waals surface area contributed by atoms with Crippen molar-refractivity contribution in [3.05, 3.63) is 63.7 Å². The van der Waals surface area contributed by atoms with Gasteiger partial charge in [0, 0.05) is 29.4 Å². The molecule has 158 valence electrons. The molecule has 1 aliphatic heterocycles. The minimum Gasteiger partial charge on any atom is -0.354 e. The number of amides is 2. The highest BCUT2D eigenvalue weighted by atomic mass is 32.2. The quantitative estimate of drug-likeness (QED) is 0.468. The Bertz CT molecular complexity index is 1100. The molecule has 1 aliphatic rings. The summed E-state index contributed by atoms with van der Waals surface area (Å²) >= 11 is 0. The molecule has 11 heteroatoms. The second kappa shape index (κ2) is 8.49. The maximum Gasteiger partial charge on any atom is 0.273 e. The lowest BCUT2D eigenvalue weighted by Gasteiger charge is -2.22. The number of nitrogens with one attached hydrogen (secondary N) is 3. The van der Waals surface area contributed by atoms with Gasteiger partial charge in [-0.1, -0.05) is 6.07 Å². The molecule has 0 radical (unpaired) electrons. The van der Waals surface area contributed by atoms with E-state index in [0.29, 0.717) is 18.5 Å². The molecule has 3 rings (SSSR count). The average Bonchev–Trinajstić information content (AvgIpc) is 2.70. The summed E-state index contributed by atoms with van der Waals surface area (Å²) in [4.78, 5) is 34.2. The van der Waals surface area contributed by atoms with Gasteiger partial charge >= 0.3 is 0 Å². The van der Waals surface area contributed by atoms with Gasteiger partial charge in [0.05, 0.1) is 9.82 Å². The van der Waals surface area contributed by atoms with Gasteiger partial charge in [0.1, 0.15) is 6.04 Å². The van der Waals surface area contributed by atoms with E-state index in [1.165, 1.54) is 43.3 Å². The smallest absolute Gasteiger partial charge is 0.273 e. The predicted molar refractivity (Wildman–Crippen MR) is 109 cm³/mol.